The SMILES string of the molecule is CC[C@H](C)[C@@H]1NC(=O)C[C@@H](C(=O)NCCCc2cccc(OC)c2)NC(=O)c2ccccc2OC[C@H](CC(C)C)NC1=O. The molecule has 0 saturated heterocycles. The predicted molar refractivity (Wildman–Crippen MR) is 165 cm³/mol. The van der Waals surface area contributed by atoms with Crippen LogP contribution in [0.3, 0.4) is 0 Å². The first-order valence-electron chi connectivity index (χ1n) is 15.1. The van der Waals surface area contributed by atoms with Gasteiger partial charge in [-0.15, -0.1) is 0 Å². The van der Waals surface area contributed by atoms with Gasteiger partial charge in [-0.05, 0) is 60.9 Å². The molecule has 10 nitrogen and oxygen atoms in total. The van der Waals surface area contributed by atoms with Crippen LogP contribution in [0.1, 0.15) is 69.3 Å². The molecule has 2 aromatic rings. The van der Waals surface area contributed by atoms with E-state index in [0.717, 1.165) is 11.3 Å². The summed E-state index contributed by atoms with van der Waals surface area (Å²) in [6.45, 7) is 8.44. The molecule has 0 bridgehead atoms. The Hall–Kier alpha value is -4.08. The Kier molecular flexibility index (Phi) is 12.8. The van der Waals surface area contributed by atoms with Crippen LogP contribution in [0, 0.1) is 11.8 Å². The standard InChI is InChI=1S/C33H46N4O6/c1-6-22(4)30-33(41)35-24(17-21(2)3)20-43-28-15-8-7-14-26(28)31(39)36-27(19-29(38)37-30)32(40)34-16-10-12-23-11-9-13-25(18-23)42-5/h7-9,11,13-15,18,21-22,24,27,30H,6,10,12,16-17,19-20H2,1-5H3,(H,34,40)(H,35,41)(H,36,39)(H,37,38)/t22-,24-,27-,30-/m0/s1. The van der Waals surface area contributed by atoms with Crippen molar-refractivity contribution in [3.8, 4) is 11.5 Å². The molecule has 0 fully saturated rings. The van der Waals surface area contributed by atoms with Crippen LogP contribution in [-0.2, 0) is 20.8 Å². The maximum Gasteiger partial charge on any atom is 0.255 e. The summed E-state index contributed by atoms with van der Waals surface area (Å²) < 4.78 is 11.3. The van der Waals surface area contributed by atoms with Gasteiger partial charge in [0.2, 0.25) is 17.7 Å². The number of ether oxygens (including phenoxy) is 2. The number of benzene rings is 2. The molecule has 2 aromatic carbocycles. The Bertz CT molecular complexity index is 1250. The van der Waals surface area contributed by atoms with E-state index < -0.39 is 29.8 Å². The smallest absolute Gasteiger partial charge is 0.255 e. The van der Waals surface area contributed by atoms with Gasteiger partial charge in [0, 0.05) is 6.54 Å². The zero-order valence-electron chi connectivity index (χ0n) is 25.9. The van der Waals surface area contributed by atoms with Crippen LogP contribution < -0.4 is 30.7 Å². The van der Waals surface area contributed by atoms with Crippen LogP contribution in [0.25, 0.3) is 0 Å². The van der Waals surface area contributed by atoms with Gasteiger partial charge in [0.15, 0.2) is 0 Å². The summed E-state index contributed by atoms with van der Waals surface area (Å²) >= 11 is 0. The van der Waals surface area contributed by atoms with E-state index in [2.05, 4.69) is 35.1 Å². The molecule has 0 radical (unpaired) electrons. The third kappa shape index (κ3) is 10.3. The fourth-order valence-corrected chi connectivity index (χ4v) is 5.02. The largest absolute Gasteiger partial charge is 0.497 e. The maximum absolute atomic E-state index is 13.4. The molecule has 10 heteroatoms. The number of carbonyl (C=O) groups excluding carboxylic acids is 4. The Morgan fingerprint density at radius 1 is 1.05 bits per heavy atom. The number of carbonyl (C=O) groups is 4. The van der Waals surface area contributed by atoms with Crippen molar-refractivity contribution in [1.82, 2.24) is 21.3 Å². The summed E-state index contributed by atoms with van der Waals surface area (Å²) in [5.41, 5.74) is 1.31. The van der Waals surface area contributed by atoms with Crippen molar-refractivity contribution in [1.29, 1.82) is 0 Å². The molecule has 0 aromatic heterocycles. The van der Waals surface area contributed by atoms with Crippen molar-refractivity contribution < 1.29 is 28.7 Å². The second-order valence-electron chi connectivity index (χ2n) is 11.5. The van der Waals surface area contributed by atoms with Gasteiger partial charge in [-0.3, -0.25) is 19.2 Å². The van der Waals surface area contributed by atoms with Crippen LogP contribution in [0.4, 0.5) is 0 Å². The number of methoxy groups -OCH3 is 1. The minimum Gasteiger partial charge on any atom is -0.497 e. The summed E-state index contributed by atoms with van der Waals surface area (Å²) in [5, 5.41) is 11.5. The number of para-hydroxylation sites is 1. The van der Waals surface area contributed by atoms with Gasteiger partial charge < -0.3 is 30.7 Å². The summed E-state index contributed by atoms with van der Waals surface area (Å²) in [6, 6.07) is 12.2. The van der Waals surface area contributed by atoms with Crippen molar-refractivity contribution in [2.75, 3.05) is 20.3 Å². The maximum atomic E-state index is 13.4. The topological polar surface area (TPSA) is 135 Å². The molecule has 3 rings (SSSR count). The number of amides is 4. The molecule has 4 amide bonds. The van der Waals surface area contributed by atoms with Gasteiger partial charge in [-0.2, -0.15) is 0 Å². The summed E-state index contributed by atoms with van der Waals surface area (Å²) in [5.74, 6) is -0.598. The number of aryl methyl sites for hydroxylation is 1. The average molecular weight is 595 g/mol. The van der Waals surface area contributed by atoms with Gasteiger partial charge in [0.25, 0.3) is 5.91 Å². The molecule has 1 aliphatic heterocycles. The van der Waals surface area contributed by atoms with Crippen LogP contribution >= 0.6 is 0 Å². The highest BCUT2D eigenvalue weighted by Crippen LogP contribution is 2.20. The van der Waals surface area contributed by atoms with E-state index in [1.165, 1.54) is 0 Å². The van der Waals surface area contributed by atoms with E-state index >= 15 is 0 Å². The number of fused-ring (bicyclic) bond motifs is 1. The zero-order valence-corrected chi connectivity index (χ0v) is 25.9. The third-order valence-electron chi connectivity index (χ3n) is 7.57. The van der Waals surface area contributed by atoms with Gasteiger partial charge >= 0.3 is 0 Å². The minimum absolute atomic E-state index is 0.145. The summed E-state index contributed by atoms with van der Waals surface area (Å²) in [6.07, 6.45) is 2.35. The monoisotopic (exact) mass is 594 g/mol. The second-order valence-corrected chi connectivity index (χ2v) is 11.5. The molecule has 1 heterocycles. The molecule has 1 aliphatic rings. The number of rotatable bonds is 10. The van der Waals surface area contributed by atoms with E-state index in [1.807, 2.05) is 38.1 Å². The molecule has 4 N–H and O–H groups in total. The van der Waals surface area contributed by atoms with Gasteiger partial charge in [-0.25, -0.2) is 0 Å². The first kappa shape index (κ1) is 33.4. The van der Waals surface area contributed by atoms with Crippen molar-refractivity contribution in [3.63, 3.8) is 0 Å². The molecule has 0 aliphatic carbocycles. The second kappa shape index (κ2) is 16.5. The highest BCUT2D eigenvalue weighted by Gasteiger charge is 2.32. The molecular weight excluding hydrogens is 548 g/mol. The first-order chi connectivity index (χ1) is 20.6. The molecule has 0 spiro atoms. The molecule has 4 atom stereocenters. The Morgan fingerprint density at radius 3 is 2.53 bits per heavy atom. The van der Waals surface area contributed by atoms with Crippen LogP contribution in [-0.4, -0.2) is 62.0 Å². The number of hydrogen-bond donors (Lipinski definition) is 4. The van der Waals surface area contributed by atoms with Crippen molar-refractivity contribution in [3.05, 3.63) is 59.7 Å². The highest BCUT2D eigenvalue weighted by molar-refractivity contribution is 6.01. The first-order valence-corrected chi connectivity index (χ1v) is 15.1. The number of hydrogen-bond acceptors (Lipinski definition) is 6. The van der Waals surface area contributed by atoms with E-state index in [9.17, 15) is 19.2 Å². The van der Waals surface area contributed by atoms with Gasteiger partial charge in [0.05, 0.1) is 25.1 Å². The molecule has 234 valence electrons. The highest BCUT2D eigenvalue weighted by atomic mass is 16.5. The van der Waals surface area contributed by atoms with Gasteiger partial charge in [-0.1, -0.05) is 58.4 Å². The van der Waals surface area contributed by atoms with E-state index in [-0.39, 0.29) is 42.4 Å². The van der Waals surface area contributed by atoms with Crippen molar-refractivity contribution in [2.45, 2.75) is 77.9 Å². The number of nitrogens with one attached hydrogen (secondary N) is 4. The quantitative estimate of drug-likeness (QED) is 0.312. The molecular formula is C33H46N4O6. The van der Waals surface area contributed by atoms with Crippen LogP contribution in [0.15, 0.2) is 48.5 Å². The lowest BCUT2D eigenvalue weighted by Crippen LogP contribution is -2.56. The average Bonchev–Trinajstić information content (AvgIpc) is 2.99. The lowest BCUT2D eigenvalue weighted by atomic mass is 9.96. The van der Waals surface area contributed by atoms with Crippen LogP contribution in [0.2, 0.25) is 0 Å². The summed E-state index contributed by atoms with van der Waals surface area (Å²) in [7, 11) is 1.61. The normalized spacial score (nSPS) is 20.4. The third-order valence-corrected chi connectivity index (χ3v) is 7.57. The fraction of sp³-hybridized carbons (Fsp3) is 0.515. The van der Waals surface area contributed by atoms with E-state index in [0.29, 0.717) is 38.0 Å². The molecule has 0 unspecified atom stereocenters. The molecule has 0 saturated carbocycles. The van der Waals surface area contributed by atoms with Crippen molar-refractivity contribution in [2.24, 2.45) is 11.8 Å². The van der Waals surface area contributed by atoms with E-state index in [4.69, 9.17) is 9.47 Å². The fourth-order valence-electron chi connectivity index (χ4n) is 5.02. The predicted octanol–water partition coefficient (Wildman–Crippen LogP) is 3.39. The summed E-state index contributed by atoms with van der Waals surface area (Å²) in [4.78, 5) is 53.4. The Labute approximate surface area is 254 Å². The van der Waals surface area contributed by atoms with E-state index in [1.54, 1.807) is 31.4 Å². The zero-order chi connectivity index (χ0) is 31.4. The molecule has 43 heavy (non-hydrogen) atoms. The Balaban J connectivity index is 1.81. The Morgan fingerprint density at radius 2 is 1.81 bits per heavy atom. The minimum atomic E-state index is -1.16. The van der Waals surface area contributed by atoms with Crippen molar-refractivity contribution >= 4 is 23.6 Å². The van der Waals surface area contributed by atoms with Crippen LogP contribution in [0.5, 0.6) is 11.5 Å². The van der Waals surface area contributed by atoms with Gasteiger partial charge in [0.1, 0.15) is 30.2 Å². The lowest BCUT2D eigenvalue weighted by Gasteiger charge is -2.29. The lowest BCUT2D eigenvalue weighted by molar-refractivity contribution is -0.132.